The van der Waals surface area contributed by atoms with Crippen LogP contribution in [0.15, 0.2) is 9.85 Å². The molecule has 1 aliphatic carbocycles. The van der Waals surface area contributed by atoms with Gasteiger partial charge in [0.05, 0.1) is 12.0 Å². The Balaban J connectivity index is 0.00000220. The van der Waals surface area contributed by atoms with Gasteiger partial charge in [0, 0.05) is 18.7 Å². The van der Waals surface area contributed by atoms with E-state index in [2.05, 4.69) is 21.2 Å². The number of hydrogen-bond acceptors (Lipinski definition) is 4. The molecule has 0 spiro atoms. The van der Waals surface area contributed by atoms with E-state index in [-0.39, 0.29) is 24.4 Å². The first-order valence-electron chi connectivity index (χ1n) is 7.00. The normalized spacial score (nSPS) is 16.9. The second kappa shape index (κ2) is 8.98. The van der Waals surface area contributed by atoms with E-state index in [0.29, 0.717) is 23.1 Å². The van der Waals surface area contributed by atoms with Crippen LogP contribution in [0, 0.1) is 5.92 Å². The molecule has 0 bridgehead atoms. The largest absolute Gasteiger partial charge is 0.495 e. The molecule has 7 heteroatoms. The molecule has 3 N–H and O–H groups in total. The predicted molar refractivity (Wildman–Crippen MR) is 92.7 cm³/mol. The molecule has 1 saturated carbocycles. The Labute approximate surface area is 144 Å². The first-order chi connectivity index (χ1) is 9.65. The van der Waals surface area contributed by atoms with E-state index < -0.39 is 0 Å². The van der Waals surface area contributed by atoms with Gasteiger partial charge in [0.1, 0.15) is 9.54 Å². The number of carbonyl (C=O) groups excluding carboxylic acids is 1. The molecule has 21 heavy (non-hydrogen) atoms. The highest BCUT2D eigenvalue weighted by Gasteiger charge is 2.25. The number of nitrogens with two attached hydrogens (primary N) is 1. The predicted octanol–water partition coefficient (Wildman–Crippen LogP) is 3.58. The minimum Gasteiger partial charge on any atom is -0.495 e. The van der Waals surface area contributed by atoms with Gasteiger partial charge in [-0.15, -0.1) is 23.7 Å². The number of rotatable bonds is 5. The second-order valence-electron chi connectivity index (χ2n) is 5.17. The van der Waals surface area contributed by atoms with Gasteiger partial charge >= 0.3 is 0 Å². The molecule has 0 radical (unpaired) electrons. The van der Waals surface area contributed by atoms with Crippen LogP contribution in [0.1, 0.15) is 41.8 Å². The first-order valence-corrected chi connectivity index (χ1v) is 8.61. The van der Waals surface area contributed by atoms with Gasteiger partial charge in [-0.25, -0.2) is 0 Å². The lowest BCUT2D eigenvalue weighted by Crippen LogP contribution is -2.45. The van der Waals surface area contributed by atoms with Crippen molar-refractivity contribution in [2.75, 3.05) is 13.7 Å². The summed E-state index contributed by atoms with van der Waals surface area (Å²) in [5.41, 5.74) is 5.85. The van der Waals surface area contributed by atoms with Crippen LogP contribution in [0.5, 0.6) is 5.75 Å². The number of methoxy groups -OCH3 is 1. The molecular formula is C14H22BrClN2O2S. The van der Waals surface area contributed by atoms with Gasteiger partial charge in [-0.1, -0.05) is 19.3 Å². The Kier molecular flexibility index (Phi) is 8.02. The maximum absolute atomic E-state index is 12.3. The van der Waals surface area contributed by atoms with Crippen molar-refractivity contribution in [1.29, 1.82) is 0 Å². The Morgan fingerprint density at radius 1 is 1.52 bits per heavy atom. The summed E-state index contributed by atoms with van der Waals surface area (Å²) < 4.78 is 6.02. The van der Waals surface area contributed by atoms with Crippen molar-refractivity contribution in [3.05, 3.63) is 14.7 Å². The monoisotopic (exact) mass is 396 g/mol. The van der Waals surface area contributed by atoms with E-state index >= 15 is 0 Å². The maximum atomic E-state index is 12.3. The fraction of sp³-hybridized carbons (Fsp3) is 0.643. The molecule has 1 aliphatic rings. The third-order valence-corrected chi connectivity index (χ3v) is 5.67. The smallest absolute Gasteiger partial charge is 0.261 e. The molecular weight excluding hydrogens is 376 g/mol. The number of carbonyl (C=O) groups is 1. The molecule has 0 aromatic carbocycles. The molecule has 1 heterocycles. The van der Waals surface area contributed by atoms with Crippen LogP contribution in [-0.4, -0.2) is 25.6 Å². The van der Waals surface area contributed by atoms with Crippen LogP contribution in [0.3, 0.4) is 0 Å². The van der Waals surface area contributed by atoms with Gasteiger partial charge in [0.25, 0.3) is 5.91 Å². The van der Waals surface area contributed by atoms with Gasteiger partial charge in [-0.3, -0.25) is 4.79 Å². The van der Waals surface area contributed by atoms with Gasteiger partial charge in [-0.2, -0.15) is 0 Å². The molecule has 1 fully saturated rings. The van der Waals surface area contributed by atoms with Crippen LogP contribution in [0.4, 0.5) is 0 Å². The summed E-state index contributed by atoms with van der Waals surface area (Å²) in [6.07, 6.45) is 6.13. The Morgan fingerprint density at radius 3 is 2.71 bits per heavy atom. The standard InChI is InChI=1S/C14H21BrN2O2S.ClH/c1-19-11-7-12(20-13(11)15)14(18)17-10(8-16)9-5-3-2-4-6-9;/h7,9-10H,2-6,8,16H2,1H3,(H,17,18);1H. The molecule has 1 unspecified atom stereocenters. The zero-order chi connectivity index (χ0) is 14.5. The molecule has 120 valence electrons. The van der Waals surface area contributed by atoms with Crippen LogP contribution in [-0.2, 0) is 0 Å². The highest BCUT2D eigenvalue weighted by molar-refractivity contribution is 9.11. The minimum atomic E-state index is -0.0555. The number of ether oxygens (including phenoxy) is 1. The Morgan fingerprint density at radius 2 is 2.19 bits per heavy atom. The topological polar surface area (TPSA) is 64.3 Å². The number of amides is 1. The quantitative estimate of drug-likeness (QED) is 0.798. The number of thiophene rings is 1. The zero-order valence-electron chi connectivity index (χ0n) is 12.1. The fourth-order valence-corrected chi connectivity index (χ4v) is 4.30. The SMILES string of the molecule is COc1cc(C(=O)NC(CN)C2CCCCC2)sc1Br.Cl. The molecule has 1 atom stereocenters. The summed E-state index contributed by atoms with van der Waals surface area (Å²) in [7, 11) is 1.60. The van der Waals surface area contributed by atoms with Crippen LogP contribution in [0.2, 0.25) is 0 Å². The maximum Gasteiger partial charge on any atom is 0.261 e. The first kappa shape index (κ1) is 18.7. The van der Waals surface area contributed by atoms with Crippen molar-refractivity contribution in [1.82, 2.24) is 5.32 Å². The van der Waals surface area contributed by atoms with Crippen molar-refractivity contribution < 1.29 is 9.53 Å². The van der Waals surface area contributed by atoms with Gasteiger partial charge in [0.15, 0.2) is 0 Å². The summed E-state index contributed by atoms with van der Waals surface area (Å²) in [6, 6.07) is 1.84. The average molecular weight is 398 g/mol. The molecule has 1 aromatic rings. The Bertz CT molecular complexity index is 464. The summed E-state index contributed by atoms with van der Waals surface area (Å²) in [5, 5.41) is 3.09. The van der Waals surface area contributed by atoms with Crippen molar-refractivity contribution in [2.45, 2.75) is 38.1 Å². The van der Waals surface area contributed by atoms with E-state index in [1.807, 2.05) is 0 Å². The van der Waals surface area contributed by atoms with Crippen molar-refractivity contribution in [3.8, 4) is 5.75 Å². The lowest BCUT2D eigenvalue weighted by atomic mass is 9.84. The third kappa shape index (κ3) is 4.84. The molecule has 2 rings (SSSR count). The summed E-state index contributed by atoms with van der Waals surface area (Å²) in [4.78, 5) is 13.0. The summed E-state index contributed by atoms with van der Waals surface area (Å²) in [5.74, 6) is 1.16. The molecule has 1 aromatic heterocycles. The lowest BCUT2D eigenvalue weighted by molar-refractivity contribution is 0.0919. The fourth-order valence-electron chi connectivity index (χ4n) is 2.75. The number of hydrogen-bond donors (Lipinski definition) is 2. The van der Waals surface area contributed by atoms with Crippen molar-refractivity contribution in [3.63, 3.8) is 0 Å². The van der Waals surface area contributed by atoms with Crippen LogP contribution in [0.25, 0.3) is 0 Å². The van der Waals surface area contributed by atoms with Gasteiger partial charge in [-0.05, 0) is 34.7 Å². The Hall–Kier alpha value is -0.300. The molecule has 4 nitrogen and oxygen atoms in total. The second-order valence-corrected chi connectivity index (χ2v) is 7.54. The average Bonchev–Trinajstić information content (AvgIpc) is 2.86. The van der Waals surface area contributed by atoms with E-state index in [1.54, 1.807) is 13.2 Å². The van der Waals surface area contributed by atoms with Crippen LogP contribution >= 0.6 is 39.7 Å². The zero-order valence-corrected chi connectivity index (χ0v) is 15.3. The molecule has 1 amide bonds. The van der Waals surface area contributed by atoms with E-state index in [0.717, 1.165) is 3.79 Å². The highest BCUT2D eigenvalue weighted by Crippen LogP contribution is 2.34. The van der Waals surface area contributed by atoms with Crippen LogP contribution < -0.4 is 15.8 Å². The third-order valence-electron chi connectivity index (χ3n) is 3.89. The van der Waals surface area contributed by atoms with Crippen molar-refractivity contribution >= 4 is 45.6 Å². The minimum absolute atomic E-state index is 0. The van der Waals surface area contributed by atoms with E-state index in [9.17, 15) is 4.79 Å². The number of nitrogens with one attached hydrogen (secondary N) is 1. The summed E-state index contributed by atoms with van der Waals surface area (Å²) in [6.45, 7) is 0.500. The van der Waals surface area contributed by atoms with Gasteiger partial charge < -0.3 is 15.8 Å². The van der Waals surface area contributed by atoms with E-state index in [1.165, 1.54) is 43.4 Å². The van der Waals surface area contributed by atoms with Crippen molar-refractivity contribution in [2.24, 2.45) is 11.7 Å². The van der Waals surface area contributed by atoms with E-state index in [4.69, 9.17) is 10.5 Å². The summed E-state index contributed by atoms with van der Waals surface area (Å²) >= 11 is 4.78. The molecule has 0 saturated heterocycles. The number of halogens is 2. The lowest BCUT2D eigenvalue weighted by Gasteiger charge is -2.29. The van der Waals surface area contributed by atoms with Gasteiger partial charge in [0.2, 0.25) is 0 Å². The highest BCUT2D eigenvalue weighted by atomic mass is 79.9. The molecule has 0 aliphatic heterocycles.